The molecule has 0 atom stereocenters. The highest BCUT2D eigenvalue weighted by Crippen LogP contribution is 2.54. The molecule has 0 N–H and O–H groups in total. The van der Waals surface area contributed by atoms with E-state index in [9.17, 15) is 4.79 Å². The van der Waals surface area contributed by atoms with E-state index in [0.29, 0.717) is 49.4 Å². The molecule has 8 nitrogen and oxygen atoms in total. The molecule has 8 rings (SSSR count). The van der Waals surface area contributed by atoms with Crippen molar-refractivity contribution < 1.29 is 28.5 Å². The molecule has 0 aliphatic carbocycles. The van der Waals surface area contributed by atoms with Gasteiger partial charge < -0.3 is 33.5 Å². The molecule has 0 unspecified atom stereocenters. The Hall–Kier alpha value is -4.99. The highest BCUT2D eigenvalue weighted by atomic mass is 35.5. The molecule has 64 heavy (non-hydrogen) atoms. The minimum Gasteiger partial charge on any atom is -0.490 e. The Balaban J connectivity index is 1.45. The Morgan fingerprint density at radius 1 is 0.531 bits per heavy atom. The van der Waals surface area contributed by atoms with Gasteiger partial charge in [0.2, 0.25) is 0 Å². The fraction of sp³-hybridized carbons (Fsp3) is 0.327. The summed E-state index contributed by atoms with van der Waals surface area (Å²) >= 11 is 27.9. The molecule has 3 aliphatic heterocycles. The lowest BCUT2D eigenvalue weighted by Gasteiger charge is -2.28. The number of cyclic esters (lactones) is 1. The maximum atomic E-state index is 14.5. The largest absolute Gasteiger partial charge is 0.490 e. The number of benzene rings is 5. The van der Waals surface area contributed by atoms with Crippen molar-refractivity contribution in [2.24, 2.45) is 0 Å². The summed E-state index contributed by atoms with van der Waals surface area (Å²) in [6.45, 7) is 13.5. The molecule has 5 aromatic carbocycles. The first kappa shape index (κ1) is 45.6. The molecule has 2 saturated heterocycles. The molecule has 3 aliphatic rings. The summed E-state index contributed by atoms with van der Waals surface area (Å²) in [4.78, 5) is 19.3. The first-order chi connectivity index (χ1) is 31.1. The Morgan fingerprint density at radius 2 is 0.906 bits per heavy atom. The van der Waals surface area contributed by atoms with Crippen LogP contribution in [0.2, 0.25) is 20.1 Å². The third-order valence-electron chi connectivity index (χ3n) is 11.8. The van der Waals surface area contributed by atoms with Gasteiger partial charge in [0.05, 0.1) is 52.1 Å². The third kappa shape index (κ3) is 9.12. The van der Waals surface area contributed by atoms with Gasteiger partial charge in [-0.05, 0) is 147 Å². The summed E-state index contributed by atoms with van der Waals surface area (Å²) in [7, 11) is 0. The van der Waals surface area contributed by atoms with Crippen LogP contribution in [-0.4, -0.2) is 58.6 Å². The van der Waals surface area contributed by atoms with Gasteiger partial charge in [-0.1, -0.05) is 82.8 Å². The van der Waals surface area contributed by atoms with Gasteiger partial charge >= 0.3 is 5.97 Å². The van der Waals surface area contributed by atoms with E-state index in [4.69, 9.17) is 70.1 Å². The zero-order valence-electron chi connectivity index (χ0n) is 36.6. The van der Waals surface area contributed by atoms with E-state index in [2.05, 4.69) is 58.3 Å². The highest BCUT2D eigenvalue weighted by Gasteiger charge is 2.48. The van der Waals surface area contributed by atoms with Crippen molar-refractivity contribution in [2.45, 2.75) is 59.0 Å². The van der Waals surface area contributed by atoms with Gasteiger partial charge in [0.25, 0.3) is 0 Å². The number of ether oxygens (including phenoxy) is 5. The van der Waals surface area contributed by atoms with Crippen LogP contribution in [0, 0.1) is 0 Å². The summed E-state index contributed by atoms with van der Waals surface area (Å²) in [6.07, 6.45) is 8.46. The number of hydrogen-bond acceptors (Lipinski definition) is 8. The van der Waals surface area contributed by atoms with E-state index < -0.39 is 11.6 Å². The van der Waals surface area contributed by atoms with Crippen LogP contribution in [0.5, 0.6) is 23.0 Å². The Morgan fingerprint density at radius 3 is 1.31 bits per heavy atom. The lowest BCUT2D eigenvalue weighted by Crippen LogP contribution is -2.23. The molecule has 0 radical (unpaired) electrons. The first-order valence-electron chi connectivity index (χ1n) is 22.2. The molecule has 334 valence electrons. The zero-order valence-corrected chi connectivity index (χ0v) is 39.6. The summed E-state index contributed by atoms with van der Waals surface area (Å²) in [5, 5.41) is -0.0413. The van der Waals surface area contributed by atoms with E-state index in [1.165, 1.54) is 0 Å². The van der Waals surface area contributed by atoms with Crippen molar-refractivity contribution in [3.8, 4) is 23.0 Å². The molecular formula is C52H52Cl4N2O6. The summed E-state index contributed by atoms with van der Waals surface area (Å²) < 4.78 is 31.1. The molecule has 0 aromatic heterocycles. The predicted molar refractivity (Wildman–Crippen MR) is 261 cm³/mol. The lowest BCUT2D eigenvalue weighted by molar-refractivity contribution is 0.0300. The first-order valence-corrected chi connectivity index (χ1v) is 23.7. The van der Waals surface area contributed by atoms with Gasteiger partial charge in [0.1, 0.15) is 0 Å². The number of anilines is 2. The van der Waals surface area contributed by atoms with Gasteiger partial charge in [-0.15, -0.1) is 0 Å². The second kappa shape index (κ2) is 20.0. The van der Waals surface area contributed by atoms with Crippen LogP contribution in [0.3, 0.4) is 0 Å². The standard InChI is InChI=1S/C52H52Cl4N2O6/c1-5-60-41-23-17-35(29-43(41)62-7-3)39(33-13-19-37(20-14-33)57-25-9-10-26-57)31-52(46-45(51(59)64-52)47(53)49(55)50(56)48(46)54)32-40(34-15-21-38(22-16-34)58-27-11-12-28-58)36-18-24-42(61-6-2)44(30-36)63-8-4/h13-24,29-32H,5-12,25-28H2,1-4H3. The average Bonchev–Trinajstić information content (AvgIpc) is 4.11. The van der Waals surface area contributed by atoms with Gasteiger partial charge in [0, 0.05) is 43.1 Å². The van der Waals surface area contributed by atoms with Crippen LogP contribution in [0.25, 0.3) is 11.1 Å². The number of rotatable bonds is 16. The van der Waals surface area contributed by atoms with E-state index in [1.807, 2.05) is 76.2 Å². The van der Waals surface area contributed by atoms with Crippen LogP contribution in [0.4, 0.5) is 11.4 Å². The minimum atomic E-state index is -1.72. The molecule has 0 spiro atoms. The number of halogens is 4. The molecular weight excluding hydrogens is 890 g/mol. The molecule has 0 saturated carbocycles. The molecule has 5 aromatic rings. The number of hydrogen-bond donors (Lipinski definition) is 0. The van der Waals surface area contributed by atoms with Crippen molar-refractivity contribution in [1.82, 2.24) is 0 Å². The van der Waals surface area contributed by atoms with Crippen LogP contribution in [-0.2, 0) is 10.3 Å². The van der Waals surface area contributed by atoms with Crippen molar-refractivity contribution in [2.75, 3.05) is 62.4 Å². The normalized spacial score (nSPS) is 17.5. The van der Waals surface area contributed by atoms with E-state index in [-0.39, 0.29) is 31.2 Å². The highest BCUT2D eigenvalue weighted by molar-refractivity contribution is 6.53. The van der Waals surface area contributed by atoms with Crippen molar-refractivity contribution >= 4 is 74.9 Å². The van der Waals surface area contributed by atoms with E-state index >= 15 is 0 Å². The smallest absolute Gasteiger partial charge is 0.341 e. The number of fused-ring (bicyclic) bond motifs is 1. The van der Waals surface area contributed by atoms with Crippen LogP contribution < -0.4 is 28.7 Å². The predicted octanol–water partition coefficient (Wildman–Crippen LogP) is 13.7. The number of carbonyl (C=O) groups is 1. The second-order valence-corrected chi connectivity index (χ2v) is 17.4. The average molecular weight is 943 g/mol. The third-order valence-corrected chi connectivity index (χ3v) is 13.7. The number of carbonyl (C=O) groups excluding carboxylic acids is 1. The fourth-order valence-electron chi connectivity index (χ4n) is 8.88. The fourth-order valence-corrected chi connectivity index (χ4v) is 9.96. The van der Waals surface area contributed by atoms with E-state index in [1.54, 1.807) is 0 Å². The zero-order chi connectivity index (χ0) is 45.0. The Bertz CT molecular complexity index is 2430. The van der Waals surface area contributed by atoms with Crippen LogP contribution >= 0.6 is 46.4 Å². The van der Waals surface area contributed by atoms with Gasteiger partial charge in [0.15, 0.2) is 28.6 Å². The summed E-state index contributed by atoms with van der Waals surface area (Å²) in [5.41, 5.74) is 5.53. The van der Waals surface area contributed by atoms with Crippen LogP contribution in [0.15, 0.2) is 97.1 Å². The van der Waals surface area contributed by atoms with Crippen molar-refractivity contribution in [3.05, 3.63) is 151 Å². The van der Waals surface area contributed by atoms with Gasteiger partial charge in [-0.2, -0.15) is 0 Å². The SMILES string of the molecule is CCOc1ccc(C(=CC2(C=C(c3ccc(N4CCCC4)cc3)c3ccc(OCC)c(OCC)c3)OC(=O)c3c(Cl)c(Cl)c(Cl)c(Cl)c32)c2ccc(N3CCCC3)cc2)cc1OCC. The monoisotopic (exact) mass is 940 g/mol. The van der Waals surface area contributed by atoms with Crippen LogP contribution in [0.1, 0.15) is 91.6 Å². The topological polar surface area (TPSA) is 69.7 Å². The molecule has 12 heteroatoms. The maximum Gasteiger partial charge on any atom is 0.341 e. The Kier molecular flexibility index (Phi) is 14.3. The quantitative estimate of drug-likeness (QED) is 0.0550. The second-order valence-electron chi connectivity index (χ2n) is 15.8. The lowest BCUT2D eigenvalue weighted by atomic mass is 9.83. The van der Waals surface area contributed by atoms with Crippen molar-refractivity contribution in [3.63, 3.8) is 0 Å². The number of esters is 1. The number of nitrogens with zero attached hydrogens (tertiary/aromatic N) is 2. The molecule has 0 bridgehead atoms. The minimum absolute atomic E-state index is 0.00369. The molecule has 0 amide bonds. The van der Waals surface area contributed by atoms with Gasteiger partial charge in [-0.3, -0.25) is 0 Å². The van der Waals surface area contributed by atoms with Gasteiger partial charge in [-0.25, -0.2) is 4.79 Å². The Labute approximate surface area is 396 Å². The maximum absolute atomic E-state index is 14.5. The van der Waals surface area contributed by atoms with E-state index in [0.717, 1.165) is 96.6 Å². The molecule has 3 heterocycles. The summed E-state index contributed by atoms with van der Waals surface area (Å²) in [6, 6.07) is 28.5. The molecule has 2 fully saturated rings. The summed E-state index contributed by atoms with van der Waals surface area (Å²) in [5.74, 6) is 1.66. The van der Waals surface area contributed by atoms with Crippen molar-refractivity contribution in [1.29, 1.82) is 0 Å².